The van der Waals surface area contributed by atoms with Gasteiger partial charge in [0, 0.05) is 17.7 Å². The molecule has 2 aromatic heterocycles. The van der Waals surface area contributed by atoms with Crippen molar-refractivity contribution < 1.29 is 9.59 Å². The van der Waals surface area contributed by atoms with Gasteiger partial charge in [-0.05, 0) is 31.1 Å². The second kappa shape index (κ2) is 6.89. The van der Waals surface area contributed by atoms with Crippen molar-refractivity contribution in [1.29, 1.82) is 5.26 Å². The monoisotopic (exact) mass is 400 g/mol. The lowest BCUT2D eigenvalue weighted by Gasteiger charge is -2.12. The highest BCUT2D eigenvalue weighted by Gasteiger charge is 2.25. The third kappa shape index (κ3) is 3.29. The zero-order valence-electron chi connectivity index (χ0n) is 15.6. The smallest absolute Gasteiger partial charge is 0.326 e. The molecule has 0 bridgehead atoms. The minimum absolute atomic E-state index is 0.126. The Balaban J connectivity index is 1.59. The quantitative estimate of drug-likeness (QED) is 0.380. The molecule has 2 aliphatic rings. The number of hydrogen-bond donors (Lipinski definition) is 4. The Hall–Kier alpha value is -4.39. The summed E-state index contributed by atoms with van der Waals surface area (Å²) >= 11 is 0. The lowest BCUT2D eigenvalue weighted by molar-refractivity contribution is -0.115. The number of carbonyl (C=O) groups excluding carboxylic acids is 2. The van der Waals surface area contributed by atoms with E-state index < -0.39 is 11.9 Å². The van der Waals surface area contributed by atoms with Gasteiger partial charge in [-0.1, -0.05) is 12.1 Å². The average molecular weight is 400 g/mol. The molecule has 3 aromatic rings. The van der Waals surface area contributed by atoms with Crippen LogP contribution in [0.3, 0.4) is 0 Å². The molecule has 10 heteroatoms. The average Bonchev–Trinajstić information content (AvgIpc) is 3.37. The number of urea groups is 1. The third-order valence-corrected chi connectivity index (χ3v) is 4.76. The predicted octanol–water partition coefficient (Wildman–Crippen LogP) is 2.10. The first-order valence-corrected chi connectivity index (χ1v) is 9.36. The molecule has 0 radical (unpaired) electrons. The van der Waals surface area contributed by atoms with Crippen molar-refractivity contribution in [2.75, 3.05) is 10.6 Å². The summed E-state index contributed by atoms with van der Waals surface area (Å²) in [6.45, 7) is 0. The lowest BCUT2D eigenvalue weighted by Crippen LogP contribution is -2.22. The number of nitrogens with zero attached hydrogens (tertiary/aromatic N) is 4. The van der Waals surface area contributed by atoms with Crippen LogP contribution in [0.1, 0.15) is 24.0 Å². The predicted molar refractivity (Wildman–Crippen MR) is 109 cm³/mol. The Kier molecular flexibility index (Phi) is 4.07. The molecular formula is C20H16N8O2. The second-order valence-corrected chi connectivity index (χ2v) is 7.03. The van der Waals surface area contributed by atoms with Gasteiger partial charge in [0.05, 0.1) is 17.4 Å². The summed E-state index contributed by atoms with van der Waals surface area (Å²) in [5, 5.41) is 25.0. The summed E-state index contributed by atoms with van der Waals surface area (Å²) in [4.78, 5) is 27.9. The van der Waals surface area contributed by atoms with Crippen LogP contribution in [0.25, 0.3) is 11.7 Å². The molecule has 1 saturated carbocycles. The number of hydrogen-bond acceptors (Lipinski definition) is 7. The maximum Gasteiger partial charge on any atom is 0.326 e. The summed E-state index contributed by atoms with van der Waals surface area (Å²) in [6.07, 6.45) is 5.27. The SMILES string of the molecule is N#Cc1ccccc1Nc1cc(NC2CC2)n2ncc(/C=C3\NC(=O)NC3=O)c2n1. The van der Waals surface area contributed by atoms with E-state index in [0.717, 1.165) is 18.7 Å². The van der Waals surface area contributed by atoms with E-state index >= 15 is 0 Å². The highest BCUT2D eigenvalue weighted by Crippen LogP contribution is 2.29. The highest BCUT2D eigenvalue weighted by atomic mass is 16.2. The zero-order chi connectivity index (χ0) is 20.7. The van der Waals surface area contributed by atoms with Gasteiger partial charge in [0.1, 0.15) is 23.4 Å². The fourth-order valence-electron chi connectivity index (χ4n) is 3.15. The molecule has 1 aromatic carbocycles. The van der Waals surface area contributed by atoms with Gasteiger partial charge >= 0.3 is 6.03 Å². The molecule has 3 amide bonds. The van der Waals surface area contributed by atoms with Crippen LogP contribution >= 0.6 is 0 Å². The number of carbonyl (C=O) groups is 2. The number of para-hydroxylation sites is 1. The first kappa shape index (κ1) is 17.7. The molecule has 4 N–H and O–H groups in total. The maximum atomic E-state index is 11.9. The molecule has 0 atom stereocenters. The van der Waals surface area contributed by atoms with Crippen LogP contribution in [-0.4, -0.2) is 32.6 Å². The van der Waals surface area contributed by atoms with Crippen molar-refractivity contribution in [3.05, 3.63) is 53.4 Å². The Labute approximate surface area is 170 Å². The van der Waals surface area contributed by atoms with Gasteiger partial charge in [-0.15, -0.1) is 0 Å². The summed E-state index contributed by atoms with van der Waals surface area (Å²) in [5.74, 6) is 0.755. The van der Waals surface area contributed by atoms with E-state index in [9.17, 15) is 14.9 Å². The molecule has 10 nitrogen and oxygen atoms in total. The van der Waals surface area contributed by atoms with Crippen molar-refractivity contribution in [1.82, 2.24) is 25.2 Å². The number of amides is 3. The van der Waals surface area contributed by atoms with Crippen LogP contribution in [0.15, 0.2) is 42.2 Å². The number of nitriles is 1. The van der Waals surface area contributed by atoms with E-state index in [4.69, 9.17) is 0 Å². The van der Waals surface area contributed by atoms with Gasteiger partial charge in [-0.2, -0.15) is 14.9 Å². The van der Waals surface area contributed by atoms with Crippen LogP contribution in [0.4, 0.5) is 22.1 Å². The van der Waals surface area contributed by atoms with Gasteiger partial charge in [0.25, 0.3) is 5.91 Å². The van der Waals surface area contributed by atoms with E-state index in [1.54, 1.807) is 28.9 Å². The van der Waals surface area contributed by atoms with Gasteiger partial charge in [-0.3, -0.25) is 10.1 Å². The van der Waals surface area contributed by atoms with E-state index in [1.807, 2.05) is 12.1 Å². The van der Waals surface area contributed by atoms with Crippen molar-refractivity contribution in [3.63, 3.8) is 0 Å². The lowest BCUT2D eigenvalue weighted by atomic mass is 10.2. The first-order valence-electron chi connectivity index (χ1n) is 9.36. The number of aromatic nitrogens is 3. The molecule has 30 heavy (non-hydrogen) atoms. The van der Waals surface area contributed by atoms with Gasteiger partial charge in [0.15, 0.2) is 5.65 Å². The number of rotatable bonds is 5. The van der Waals surface area contributed by atoms with Crippen LogP contribution in [0.5, 0.6) is 0 Å². The molecule has 148 valence electrons. The minimum Gasteiger partial charge on any atom is -0.367 e. The summed E-state index contributed by atoms with van der Waals surface area (Å²) in [6, 6.07) is 10.9. The molecular weight excluding hydrogens is 384 g/mol. The number of anilines is 3. The van der Waals surface area contributed by atoms with E-state index in [-0.39, 0.29) is 5.70 Å². The maximum absolute atomic E-state index is 11.9. The topological polar surface area (TPSA) is 136 Å². The largest absolute Gasteiger partial charge is 0.367 e. The van der Waals surface area contributed by atoms with Crippen LogP contribution in [0.2, 0.25) is 0 Å². The highest BCUT2D eigenvalue weighted by molar-refractivity contribution is 6.14. The number of benzene rings is 1. The van der Waals surface area contributed by atoms with Crippen LogP contribution in [0, 0.1) is 11.3 Å². The Morgan fingerprint density at radius 2 is 2.07 bits per heavy atom. The van der Waals surface area contributed by atoms with Crippen LogP contribution in [-0.2, 0) is 4.79 Å². The van der Waals surface area contributed by atoms with Crippen molar-refractivity contribution in [2.24, 2.45) is 0 Å². The number of imide groups is 1. The molecule has 2 fully saturated rings. The molecule has 1 aliphatic carbocycles. The Bertz CT molecular complexity index is 1270. The molecule has 0 unspecified atom stereocenters. The second-order valence-electron chi connectivity index (χ2n) is 7.03. The molecule has 1 saturated heterocycles. The zero-order valence-corrected chi connectivity index (χ0v) is 15.6. The normalized spacial score (nSPS) is 17.0. The number of fused-ring (bicyclic) bond motifs is 1. The van der Waals surface area contributed by atoms with Crippen molar-refractivity contribution in [2.45, 2.75) is 18.9 Å². The fraction of sp³-hybridized carbons (Fsp3) is 0.150. The first-order chi connectivity index (χ1) is 14.6. The minimum atomic E-state index is -0.567. The Morgan fingerprint density at radius 1 is 1.23 bits per heavy atom. The van der Waals surface area contributed by atoms with Crippen molar-refractivity contribution in [3.8, 4) is 6.07 Å². The summed E-state index contributed by atoms with van der Waals surface area (Å²) in [7, 11) is 0. The standard InChI is InChI=1S/C20H16N8O2/c21-9-11-3-1-2-4-14(11)24-16-8-17(23-13-5-6-13)28-18(26-16)12(10-22-28)7-15-19(29)27-20(30)25-15/h1-4,7-8,10,13,23H,5-6H2,(H,24,26)(H2,25,27,29,30)/b15-7-. The van der Waals surface area contributed by atoms with E-state index in [1.165, 1.54) is 6.08 Å². The van der Waals surface area contributed by atoms with Gasteiger partial charge in [-0.25, -0.2) is 9.78 Å². The van der Waals surface area contributed by atoms with E-state index in [0.29, 0.717) is 34.3 Å². The molecule has 0 spiro atoms. The summed E-state index contributed by atoms with van der Waals surface area (Å²) in [5.41, 5.74) is 2.33. The van der Waals surface area contributed by atoms with E-state index in [2.05, 4.69) is 37.4 Å². The fourth-order valence-corrected chi connectivity index (χ4v) is 3.15. The van der Waals surface area contributed by atoms with Crippen molar-refractivity contribution >= 4 is 41.0 Å². The Morgan fingerprint density at radius 3 is 2.80 bits per heavy atom. The third-order valence-electron chi connectivity index (χ3n) is 4.76. The van der Waals surface area contributed by atoms with Crippen LogP contribution < -0.4 is 21.3 Å². The van der Waals surface area contributed by atoms with Gasteiger partial charge < -0.3 is 16.0 Å². The molecule has 3 heterocycles. The summed E-state index contributed by atoms with van der Waals surface area (Å²) < 4.78 is 1.65. The molecule has 5 rings (SSSR count). The number of nitrogens with one attached hydrogen (secondary N) is 4. The van der Waals surface area contributed by atoms with Gasteiger partial charge in [0.2, 0.25) is 0 Å². The molecule has 1 aliphatic heterocycles.